The molecule has 0 unspecified atom stereocenters. The molecule has 4 heteroatoms. The molecule has 2 aromatic carbocycles. The number of H-pyrrole nitrogens is 1. The summed E-state index contributed by atoms with van der Waals surface area (Å²) in [5, 5.41) is 9.50. The smallest absolute Gasteiger partial charge is 0.149 e. The molecule has 0 spiro atoms. The van der Waals surface area contributed by atoms with Crippen molar-refractivity contribution in [3.63, 3.8) is 0 Å². The molecule has 1 N–H and O–H groups in total. The molecule has 4 aromatic rings. The Morgan fingerprint density at radius 2 is 1.88 bits per heavy atom. The van der Waals surface area contributed by atoms with Crippen LogP contribution in [0.15, 0.2) is 65.1 Å². The lowest BCUT2D eigenvalue weighted by molar-refractivity contribution is 0.572. The van der Waals surface area contributed by atoms with Crippen LogP contribution in [0.3, 0.4) is 0 Å². The van der Waals surface area contributed by atoms with Crippen molar-refractivity contribution in [1.29, 1.82) is 5.26 Å². The number of furan rings is 1. The van der Waals surface area contributed by atoms with Gasteiger partial charge in [-0.15, -0.1) is 0 Å². The predicted octanol–water partition coefficient (Wildman–Crippen LogP) is 5.20. The molecular weight excluding hydrogens is 310 g/mol. The minimum Gasteiger partial charge on any atom is -0.457 e. The number of benzene rings is 2. The maximum atomic E-state index is 9.50. The summed E-state index contributed by atoms with van der Waals surface area (Å²) in [6.07, 6.45) is 1.70. The van der Waals surface area contributed by atoms with E-state index in [1.165, 1.54) is 5.56 Å². The van der Waals surface area contributed by atoms with Gasteiger partial charge < -0.3 is 9.40 Å². The molecule has 0 saturated carbocycles. The van der Waals surface area contributed by atoms with E-state index in [2.05, 4.69) is 16.0 Å². The van der Waals surface area contributed by atoms with Crippen LogP contribution < -0.4 is 0 Å². The van der Waals surface area contributed by atoms with E-state index in [-0.39, 0.29) is 0 Å². The lowest BCUT2D eigenvalue weighted by Crippen LogP contribution is -1.84. The zero-order chi connectivity index (χ0) is 17.2. The average Bonchev–Trinajstić information content (AvgIpc) is 3.27. The highest BCUT2D eigenvalue weighted by atomic mass is 16.3. The highest BCUT2D eigenvalue weighted by molar-refractivity contribution is 5.89. The van der Waals surface area contributed by atoms with Crippen molar-refractivity contribution in [3.8, 4) is 17.4 Å². The van der Waals surface area contributed by atoms with Crippen molar-refractivity contribution in [2.45, 2.75) is 6.92 Å². The zero-order valence-electron chi connectivity index (χ0n) is 13.7. The van der Waals surface area contributed by atoms with Crippen LogP contribution in [0.1, 0.15) is 17.1 Å². The maximum absolute atomic E-state index is 9.50. The number of hydrogen-bond acceptors (Lipinski definition) is 3. The molecule has 25 heavy (non-hydrogen) atoms. The molecular formula is C21H15N3O. The molecule has 0 amide bonds. The number of aromatic nitrogens is 2. The van der Waals surface area contributed by atoms with Gasteiger partial charge in [-0.05, 0) is 31.2 Å². The van der Waals surface area contributed by atoms with E-state index in [1.807, 2.05) is 67.6 Å². The zero-order valence-corrected chi connectivity index (χ0v) is 13.7. The molecule has 0 radical (unpaired) electrons. The van der Waals surface area contributed by atoms with Crippen LogP contribution in [-0.2, 0) is 0 Å². The van der Waals surface area contributed by atoms with Gasteiger partial charge >= 0.3 is 0 Å². The van der Waals surface area contributed by atoms with Gasteiger partial charge in [0.15, 0.2) is 0 Å². The number of aromatic amines is 1. The average molecular weight is 325 g/mol. The van der Waals surface area contributed by atoms with Gasteiger partial charge in [-0.3, -0.25) is 0 Å². The van der Waals surface area contributed by atoms with Gasteiger partial charge in [0.1, 0.15) is 23.4 Å². The van der Waals surface area contributed by atoms with Crippen molar-refractivity contribution in [2.24, 2.45) is 0 Å². The Morgan fingerprint density at radius 3 is 2.64 bits per heavy atom. The number of aryl methyl sites for hydroxylation is 1. The number of allylic oxidation sites excluding steroid dienone is 1. The second kappa shape index (κ2) is 6.14. The molecule has 2 aromatic heterocycles. The fraction of sp³-hybridized carbons (Fsp3) is 0.0476. The Hall–Kier alpha value is -3.58. The van der Waals surface area contributed by atoms with E-state index >= 15 is 0 Å². The number of fused-ring (bicyclic) bond motifs is 1. The Balaban J connectivity index is 1.69. The third-order valence-corrected chi connectivity index (χ3v) is 4.01. The number of hydrogen-bond donors (Lipinski definition) is 1. The highest BCUT2D eigenvalue weighted by Crippen LogP contribution is 2.25. The summed E-state index contributed by atoms with van der Waals surface area (Å²) in [6.45, 7) is 2.05. The largest absolute Gasteiger partial charge is 0.457 e. The van der Waals surface area contributed by atoms with Crippen LogP contribution in [0.25, 0.3) is 34.0 Å². The molecule has 4 rings (SSSR count). The lowest BCUT2D eigenvalue weighted by atomic mass is 10.1. The minimum atomic E-state index is 0.431. The van der Waals surface area contributed by atoms with Gasteiger partial charge in [-0.25, -0.2) is 4.98 Å². The summed E-state index contributed by atoms with van der Waals surface area (Å²) in [5.41, 5.74) is 4.37. The first kappa shape index (κ1) is 15.0. The molecule has 0 aliphatic heterocycles. The third kappa shape index (κ3) is 2.96. The number of nitrogens with one attached hydrogen (secondary N) is 1. The number of rotatable bonds is 3. The Bertz CT molecular complexity index is 1070. The topological polar surface area (TPSA) is 65.6 Å². The molecule has 4 nitrogen and oxygen atoms in total. The second-order valence-corrected chi connectivity index (χ2v) is 5.84. The number of nitrogens with zero attached hydrogens (tertiary/aromatic N) is 2. The van der Waals surface area contributed by atoms with Crippen molar-refractivity contribution >= 4 is 22.7 Å². The van der Waals surface area contributed by atoms with Crippen LogP contribution in [0, 0.1) is 18.3 Å². The molecule has 0 fully saturated rings. The molecule has 0 aliphatic rings. The Morgan fingerprint density at radius 1 is 1.08 bits per heavy atom. The predicted molar refractivity (Wildman–Crippen MR) is 98.5 cm³/mol. The molecule has 120 valence electrons. The van der Waals surface area contributed by atoms with Crippen LogP contribution in [0.2, 0.25) is 0 Å². The highest BCUT2D eigenvalue weighted by Gasteiger charge is 2.09. The standard InChI is InChI=1S/C21H15N3O/c1-14-6-8-15(9-7-14)20-11-10-17(25-20)12-16(13-22)21-23-18-4-2-3-5-19(18)24-21/h2-12H,1H3,(H,23,24)/b16-12+. The maximum Gasteiger partial charge on any atom is 0.149 e. The molecule has 0 bridgehead atoms. The number of para-hydroxylation sites is 2. The number of nitriles is 1. The van der Waals surface area contributed by atoms with Crippen molar-refractivity contribution in [2.75, 3.05) is 0 Å². The van der Waals surface area contributed by atoms with Crippen LogP contribution in [0.5, 0.6) is 0 Å². The van der Waals surface area contributed by atoms with Gasteiger partial charge in [0, 0.05) is 11.6 Å². The summed E-state index contributed by atoms with van der Waals surface area (Å²) < 4.78 is 5.87. The van der Waals surface area contributed by atoms with Crippen LogP contribution in [-0.4, -0.2) is 9.97 Å². The summed E-state index contributed by atoms with van der Waals surface area (Å²) >= 11 is 0. The summed E-state index contributed by atoms with van der Waals surface area (Å²) in [6, 6.07) is 21.8. The van der Waals surface area contributed by atoms with Crippen molar-refractivity contribution in [3.05, 3.63) is 77.8 Å². The molecule has 0 saturated heterocycles. The number of imidazole rings is 1. The minimum absolute atomic E-state index is 0.431. The molecule has 0 aliphatic carbocycles. The monoisotopic (exact) mass is 325 g/mol. The fourth-order valence-corrected chi connectivity index (χ4v) is 2.68. The summed E-state index contributed by atoms with van der Waals surface area (Å²) in [5.74, 6) is 1.93. The first-order chi connectivity index (χ1) is 12.2. The third-order valence-electron chi connectivity index (χ3n) is 4.01. The van der Waals surface area contributed by atoms with Gasteiger partial charge in [-0.1, -0.05) is 42.0 Å². The first-order valence-electron chi connectivity index (χ1n) is 7.97. The first-order valence-corrected chi connectivity index (χ1v) is 7.97. The van der Waals surface area contributed by atoms with Gasteiger partial charge in [0.25, 0.3) is 0 Å². The second-order valence-electron chi connectivity index (χ2n) is 5.84. The van der Waals surface area contributed by atoms with Gasteiger partial charge in [0.2, 0.25) is 0 Å². The van der Waals surface area contributed by atoms with E-state index in [0.717, 1.165) is 22.4 Å². The lowest BCUT2D eigenvalue weighted by Gasteiger charge is -1.97. The van der Waals surface area contributed by atoms with Crippen LogP contribution >= 0.6 is 0 Å². The normalized spacial score (nSPS) is 11.6. The Labute approximate surface area is 145 Å². The van der Waals surface area contributed by atoms with E-state index in [0.29, 0.717) is 17.2 Å². The SMILES string of the molecule is Cc1ccc(-c2ccc(/C=C(\C#N)c3nc4ccccc4[nH]3)o2)cc1. The quantitative estimate of drug-likeness (QED) is 0.527. The van der Waals surface area contributed by atoms with E-state index in [9.17, 15) is 5.26 Å². The molecule has 2 heterocycles. The summed E-state index contributed by atoms with van der Waals surface area (Å²) in [4.78, 5) is 7.63. The van der Waals surface area contributed by atoms with E-state index in [1.54, 1.807) is 6.08 Å². The fourth-order valence-electron chi connectivity index (χ4n) is 2.68. The van der Waals surface area contributed by atoms with E-state index < -0.39 is 0 Å². The Kier molecular flexibility index (Phi) is 3.68. The molecule has 0 atom stereocenters. The van der Waals surface area contributed by atoms with Crippen LogP contribution in [0.4, 0.5) is 0 Å². The van der Waals surface area contributed by atoms with Crippen molar-refractivity contribution in [1.82, 2.24) is 9.97 Å². The summed E-state index contributed by atoms with van der Waals surface area (Å²) in [7, 11) is 0. The van der Waals surface area contributed by atoms with Gasteiger partial charge in [0.05, 0.1) is 16.6 Å². The van der Waals surface area contributed by atoms with E-state index in [4.69, 9.17) is 4.42 Å². The van der Waals surface area contributed by atoms with Crippen molar-refractivity contribution < 1.29 is 4.42 Å². The van der Waals surface area contributed by atoms with Gasteiger partial charge in [-0.2, -0.15) is 5.26 Å².